The number of fused-ring (bicyclic) bond motifs is 1. The van der Waals surface area contributed by atoms with E-state index in [9.17, 15) is 0 Å². The van der Waals surface area contributed by atoms with E-state index < -0.39 is 0 Å². The average molecular weight is 265 g/mol. The van der Waals surface area contributed by atoms with Gasteiger partial charge in [-0.2, -0.15) is 0 Å². The van der Waals surface area contributed by atoms with Gasteiger partial charge in [0.05, 0.1) is 11.0 Å². The maximum atomic E-state index is 6.12. The molecule has 1 atom stereocenters. The van der Waals surface area contributed by atoms with Crippen LogP contribution in [-0.2, 0) is 13.5 Å². The number of hydrogen-bond donors (Lipinski definition) is 0. The van der Waals surface area contributed by atoms with Crippen LogP contribution >= 0.6 is 11.6 Å². The van der Waals surface area contributed by atoms with Gasteiger partial charge in [-0.15, -0.1) is 11.6 Å². The lowest BCUT2D eigenvalue weighted by atomic mass is 9.84. The summed E-state index contributed by atoms with van der Waals surface area (Å²) >= 11 is 6.12. The van der Waals surface area contributed by atoms with Crippen molar-refractivity contribution in [3.8, 4) is 0 Å². The molecule has 0 aliphatic rings. The molecule has 2 nitrogen and oxygen atoms in total. The highest BCUT2D eigenvalue weighted by Gasteiger charge is 2.23. The summed E-state index contributed by atoms with van der Waals surface area (Å²) in [6, 6.07) is 8.27. The van der Waals surface area contributed by atoms with E-state index in [1.807, 2.05) is 6.07 Å². The molecule has 2 rings (SSSR count). The smallest absolute Gasteiger partial charge is 0.110 e. The summed E-state index contributed by atoms with van der Waals surface area (Å²) in [5, 5.41) is 0.203. The Kier molecular flexibility index (Phi) is 3.67. The van der Waals surface area contributed by atoms with Crippen molar-refractivity contribution >= 4 is 22.6 Å². The van der Waals surface area contributed by atoms with Gasteiger partial charge >= 0.3 is 0 Å². The fourth-order valence-electron chi connectivity index (χ4n) is 2.62. The third kappa shape index (κ3) is 2.86. The molecule has 2 aromatic rings. The topological polar surface area (TPSA) is 17.8 Å². The van der Waals surface area contributed by atoms with Crippen LogP contribution in [0.2, 0.25) is 0 Å². The molecular formula is C15H21ClN2. The van der Waals surface area contributed by atoms with Crippen LogP contribution in [0.25, 0.3) is 11.0 Å². The van der Waals surface area contributed by atoms with Crippen molar-refractivity contribution in [2.45, 2.75) is 39.0 Å². The van der Waals surface area contributed by atoms with Crippen LogP contribution in [0.5, 0.6) is 0 Å². The van der Waals surface area contributed by atoms with Crippen molar-refractivity contribution in [2.24, 2.45) is 12.5 Å². The van der Waals surface area contributed by atoms with Gasteiger partial charge in [-0.3, -0.25) is 0 Å². The number of imidazole rings is 1. The zero-order valence-electron chi connectivity index (χ0n) is 11.6. The molecule has 0 aliphatic carbocycles. The predicted molar refractivity (Wildman–Crippen MR) is 78.1 cm³/mol. The zero-order valence-corrected chi connectivity index (χ0v) is 12.3. The van der Waals surface area contributed by atoms with E-state index in [1.54, 1.807) is 0 Å². The minimum Gasteiger partial charge on any atom is -0.331 e. The SMILES string of the molecule is CC(Cl)CC(C)(C)Cc1nc2ccccc2n1C. The molecule has 1 aromatic carbocycles. The van der Waals surface area contributed by atoms with Crippen LogP contribution < -0.4 is 0 Å². The van der Waals surface area contributed by atoms with E-state index in [4.69, 9.17) is 16.6 Å². The number of para-hydroxylation sites is 2. The van der Waals surface area contributed by atoms with E-state index in [1.165, 1.54) is 5.52 Å². The molecule has 1 unspecified atom stereocenters. The Hall–Kier alpha value is -1.02. The molecule has 0 amide bonds. The molecule has 0 aliphatic heterocycles. The molecule has 1 heterocycles. The van der Waals surface area contributed by atoms with Gasteiger partial charge in [0.15, 0.2) is 0 Å². The van der Waals surface area contributed by atoms with E-state index in [0.717, 1.165) is 24.2 Å². The first-order chi connectivity index (χ1) is 8.39. The Labute approximate surface area is 114 Å². The highest BCUT2D eigenvalue weighted by atomic mass is 35.5. The molecule has 0 fully saturated rings. The minimum atomic E-state index is 0.177. The highest BCUT2D eigenvalue weighted by Crippen LogP contribution is 2.29. The van der Waals surface area contributed by atoms with Crippen molar-refractivity contribution in [1.29, 1.82) is 0 Å². The highest BCUT2D eigenvalue weighted by molar-refractivity contribution is 6.20. The molecule has 0 N–H and O–H groups in total. The van der Waals surface area contributed by atoms with Gasteiger partial charge in [-0.25, -0.2) is 4.98 Å². The van der Waals surface area contributed by atoms with E-state index >= 15 is 0 Å². The first-order valence-electron chi connectivity index (χ1n) is 6.43. The Balaban J connectivity index is 2.29. The molecule has 0 radical (unpaired) electrons. The van der Waals surface area contributed by atoms with Gasteiger partial charge in [0.25, 0.3) is 0 Å². The molecule has 98 valence electrons. The normalized spacial score (nSPS) is 14.1. The van der Waals surface area contributed by atoms with Crippen molar-refractivity contribution in [2.75, 3.05) is 0 Å². The summed E-state index contributed by atoms with van der Waals surface area (Å²) in [5.41, 5.74) is 2.45. The van der Waals surface area contributed by atoms with E-state index in [2.05, 4.69) is 50.6 Å². The lowest BCUT2D eigenvalue weighted by Crippen LogP contribution is -2.20. The van der Waals surface area contributed by atoms with Gasteiger partial charge in [-0.1, -0.05) is 26.0 Å². The lowest BCUT2D eigenvalue weighted by Gasteiger charge is -2.25. The quantitative estimate of drug-likeness (QED) is 0.759. The number of hydrogen-bond acceptors (Lipinski definition) is 1. The van der Waals surface area contributed by atoms with Crippen molar-refractivity contribution in [3.05, 3.63) is 30.1 Å². The van der Waals surface area contributed by atoms with Gasteiger partial charge in [0.2, 0.25) is 0 Å². The Morgan fingerprint density at radius 3 is 2.61 bits per heavy atom. The van der Waals surface area contributed by atoms with Gasteiger partial charge in [-0.05, 0) is 30.9 Å². The van der Waals surface area contributed by atoms with Gasteiger partial charge in [0.1, 0.15) is 5.82 Å². The second-order valence-corrected chi connectivity index (χ2v) is 6.65. The van der Waals surface area contributed by atoms with E-state index in [-0.39, 0.29) is 10.8 Å². The third-order valence-corrected chi connectivity index (χ3v) is 3.50. The van der Waals surface area contributed by atoms with Crippen LogP contribution in [0.4, 0.5) is 0 Å². The fraction of sp³-hybridized carbons (Fsp3) is 0.533. The molecule has 1 aromatic heterocycles. The summed E-state index contributed by atoms with van der Waals surface area (Å²) in [6.07, 6.45) is 1.95. The first kappa shape index (κ1) is 13.4. The molecular weight excluding hydrogens is 244 g/mol. The van der Waals surface area contributed by atoms with Gasteiger partial charge < -0.3 is 4.57 Å². The molecule has 0 saturated heterocycles. The maximum absolute atomic E-state index is 6.12. The van der Waals surface area contributed by atoms with Crippen LogP contribution in [0, 0.1) is 5.41 Å². The van der Waals surface area contributed by atoms with E-state index in [0.29, 0.717) is 0 Å². The molecule has 18 heavy (non-hydrogen) atoms. The second kappa shape index (κ2) is 4.93. The molecule has 0 bridgehead atoms. The number of rotatable bonds is 4. The summed E-state index contributed by atoms with van der Waals surface area (Å²) in [7, 11) is 2.09. The Morgan fingerprint density at radius 2 is 2.00 bits per heavy atom. The number of alkyl halides is 1. The summed E-state index contributed by atoms with van der Waals surface area (Å²) in [5.74, 6) is 1.14. The summed E-state index contributed by atoms with van der Waals surface area (Å²) in [6.45, 7) is 6.56. The largest absolute Gasteiger partial charge is 0.331 e. The maximum Gasteiger partial charge on any atom is 0.110 e. The number of nitrogens with zero attached hydrogens (tertiary/aromatic N) is 2. The number of benzene rings is 1. The second-order valence-electron chi connectivity index (χ2n) is 5.90. The summed E-state index contributed by atoms with van der Waals surface area (Å²) in [4.78, 5) is 4.72. The average Bonchev–Trinajstić information content (AvgIpc) is 2.54. The standard InChI is InChI=1S/C15H21ClN2/c1-11(16)9-15(2,3)10-14-17-12-7-5-6-8-13(12)18(14)4/h5-8,11H,9-10H2,1-4H3. The van der Waals surface area contributed by atoms with Crippen molar-refractivity contribution in [1.82, 2.24) is 9.55 Å². The lowest BCUT2D eigenvalue weighted by molar-refractivity contribution is 0.322. The number of halogens is 1. The van der Waals surface area contributed by atoms with Crippen LogP contribution in [0.1, 0.15) is 33.0 Å². The van der Waals surface area contributed by atoms with Crippen LogP contribution in [0.3, 0.4) is 0 Å². The van der Waals surface area contributed by atoms with Crippen LogP contribution in [-0.4, -0.2) is 14.9 Å². The van der Waals surface area contributed by atoms with Gasteiger partial charge in [0, 0.05) is 18.8 Å². The fourth-order valence-corrected chi connectivity index (χ4v) is 3.03. The molecule has 0 saturated carbocycles. The Morgan fingerprint density at radius 1 is 1.33 bits per heavy atom. The monoisotopic (exact) mass is 264 g/mol. The summed E-state index contributed by atoms with van der Waals surface area (Å²) < 4.78 is 2.19. The molecule has 3 heteroatoms. The predicted octanol–water partition coefficient (Wildman–Crippen LogP) is 4.16. The third-order valence-electron chi connectivity index (χ3n) is 3.35. The number of aryl methyl sites for hydroxylation is 1. The van der Waals surface area contributed by atoms with Crippen molar-refractivity contribution < 1.29 is 0 Å². The molecule has 0 spiro atoms. The first-order valence-corrected chi connectivity index (χ1v) is 6.87. The minimum absolute atomic E-state index is 0.177. The Bertz CT molecular complexity index is 540. The zero-order chi connectivity index (χ0) is 13.3. The van der Waals surface area contributed by atoms with Crippen LogP contribution in [0.15, 0.2) is 24.3 Å². The van der Waals surface area contributed by atoms with Crippen molar-refractivity contribution in [3.63, 3.8) is 0 Å². The number of aromatic nitrogens is 2.